The molecule has 5 heteroatoms. The first kappa shape index (κ1) is 17.3. The molecule has 0 spiro atoms. The Morgan fingerprint density at radius 2 is 2.00 bits per heavy atom. The van der Waals surface area contributed by atoms with Crippen LogP contribution in [0, 0.1) is 5.92 Å². The third kappa shape index (κ3) is 5.35. The van der Waals surface area contributed by atoms with E-state index in [0.717, 1.165) is 16.3 Å². The summed E-state index contributed by atoms with van der Waals surface area (Å²) in [7, 11) is 0. The molecule has 0 heterocycles. The number of benzene rings is 1. The first-order chi connectivity index (χ1) is 9.37. The maximum absolute atomic E-state index is 12.0. The zero-order valence-electron chi connectivity index (χ0n) is 12.3. The summed E-state index contributed by atoms with van der Waals surface area (Å²) in [6.45, 7) is 6.56. The summed E-state index contributed by atoms with van der Waals surface area (Å²) in [5.74, 6) is 1.57. The Labute approximate surface area is 130 Å². The molecular formula is C15H23ClN2OS. The summed E-state index contributed by atoms with van der Waals surface area (Å²) < 4.78 is 0. The van der Waals surface area contributed by atoms with Gasteiger partial charge >= 0.3 is 0 Å². The number of amides is 1. The number of thioether (sulfide) groups is 1. The molecule has 1 aromatic carbocycles. The number of hydrogen-bond donors (Lipinski definition) is 2. The summed E-state index contributed by atoms with van der Waals surface area (Å²) in [5.41, 5.74) is 6.59. The van der Waals surface area contributed by atoms with Gasteiger partial charge in [0.2, 0.25) is 5.91 Å². The molecule has 20 heavy (non-hydrogen) atoms. The first-order valence-electron chi connectivity index (χ1n) is 6.70. The highest BCUT2D eigenvalue weighted by Crippen LogP contribution is 2.17. The molecule has 3 nitrogen and oxygen atoms in total. The number of rotatable bonds is 7. The molecule has 0 saturated carbocycles. The molecule has 0 fully saturated rings. The molecule has 0 aliphatic heterocycles. The zero-order valence-corrected chi connectivity index (χ0v) is 13.9. The molecule has 0 aliphatic rings. The van der Waals surface area contributed by atoms with Crippen molar-refractivity contribution in [2.24, 2.45) is 11.7 Å². The van der Waals surface area contributed by atoms with E-state index in [9.17, 15) is 4.79 Å². The summed E-state index contributed by atoms with van der Waals surface area (Å²) in [6, 6.07) is 7.68. The van der Waals surface area contributed by atoms with Gasteiger partial charge in [-0.25, -0.2) is 0 Å². The van der Waals surface area contributed by atoms with Gasteiger partial charge in [0.05, 0.1) is 11.3 Å². The van der Waals surface area contributed by atoms with Gasteiger partial charge in [-0.2, -0.15) is 0 Å². The van der Waals surface area contributed by atoms with Crippen molar-refractivity contribution in [1.29, 1.82) is 0 Å². The van der Waals surface area contributed by atoms with E-state index >= 15 is 0 Å². The second kappa shape index (κ2) is 7.91. The topological polar surface area (TPSA) is 55.1 Å². The molecule has 1 rings (SSSR count). The predicted molar refractivity (Wildman–Crippen MR) is 88.1 cm³/mol. The lowest BCUT2D eigenvalue weighted by Gasteiger charge is -2.33. The van der Waals surface area contributed by atoms with Crippen LogP contribution in [-0.4, -0.2) is 23.7 Å². The number of halogens is 1. The number of hydrogen-bond acceptors (Lipinski definition) is 3. The fourth-order valence-electron chi connectivity index (χ4n) is 1.63. The third-order valence-electron chi connectivity index (χ3n) is 3.54. The van der Waals surface area contributed by atoms with Crippen LogP contribution in [0.15, 0.2) is 24.3 Å². The Morgan fingerprint density at radius 3 is 2.50 bits per heavy atom. The summed E-state index contributed by atoms with van der Waals surface area (Å²) in [4.78, 5) is 12.0. The van der Waals surface area contributed by atoms with Crippen LogP contribution in [0.4, 0.5) is 0 Å². The molecule has 1 atom stereocenters. The second-order valence-electron chi connectivity index (χ2n) is 5.44. The molecule has 0 bridgehead atoms. The van der Waals surface area contributed by atoms with Crippen LogP contribution in [0.2, 0.25) is 5.02 Å². The predicted octanol–water partition coefficient (Wildman–Crippen LogP) is 3.06. The monoisotopic (exact) mass is 314 g/mol. The number of carbonyl (C=O) groups excluding carboxylic acids is 1. The number of nitrogens with one attached hydrogen (secondary N) is 1. The summed E-state index contributed by atoms with van der Waals surface area (Å²) in [6.07, 6.45) is 0. The van der Waals surface area contributed by atoms with Crippen LogP contribution >= 0.6 is 23.4 Å². The largest absolute Gasteiger partial charge is 0.349 e. The van der Waals surface area contributed by atoms with Gasteiger partial charge in [-0.05, 0) is 30.5 Å². The molecular weight excluding hydrogens is 292 g/mol. The van der Waals surface area contributed by atoms with Gasteiger partial charge in [0.15, 0.2) is 0 Å². The van der Waals surface area contributed by atoms with Crippen molar-refractivity contribution in [3.8, 4) is 0 Å². The normalized spacial score (nSPS) is 14.1. The number of nitrogens with two attached hydrogens (primary N) is 1. The molecule has 112 valence electrons. The minimum Gasteiger partial charge on any atom is -0.349 e. The van der Waals surface area contributed by atoms with E-state index in [0.29, 0.717) is 18.2 Å². The van der Waals surface area contributed by atoms with Gasteiger partial charge in [-0.3, -0.25) is 4.79 Å². The van der Waals surface area contributed by atoms with Crippen LogP contribution in [0.25, 0.3) is 0 Å². The fourth-order valence-corrected chi connectivity index (χ4v) is 2.54. The Hall–Kier alpha value is -0.710. The van der Waals surface area contributed by atoms with E-state index in [1.807, 2.05) is 31.2 Å². The highest BCUT2D eigenvalue weighted by Gasteiger charge is 2.28. The Balaban J connectivity index is 2.38. The maximum Gasteiger partial charge on any atom is 0.230 e. The van der Waals surface area contributed by atoms with Gasteiger partial charge in [-0.15, -0.1) is 11.8 Å². The highest BCUT2D eigenvalue weighted by molar-refractivity contribution is 7.99. The van der Waals surface area contributed by atoms with Crippen molar-refractivity contribution in [2.45, 2.75) is 32.1 Å². The van der Waals surface area contributed by atoms with Crippen molar-refractivity contribution in [3.05, 3.63) is 34.9 Å². The van der Waals surface area contributed by atoms with Crippen LogP contribution in [0.5, 0.6) is 0 Å². The maximum atomic E-state index is 12.0. The lowest BCUT2D eigenvalue weighted by atomic mass is 9.88. The van der Waals surface area contributed by atoms with Crippen molar-refractivity contribution in [3.63, 3.8) is 0 Å². The lowest BCUT2D eigenvalue weighted by molar-refractivity contribution is -0.120. The number of carbonyl (C=O) groups is 1. The molecule has 1 aromatic rings. The van der Waals surface area contributed by atoms with E-state index in [2.05, 4.69) is 19.2 Å². The highest BCUT2D eigenvalue weighted by atomic mass is 35.5. The minimum atomic E-state index is -0.335. The Kier molecular flexibility index (Phi) is 6.86. The smallest absolute Gasteiger partial charge is 0.230 e. The van der Waals surface area contributed by atoms with Crippen molar-refractivity contribution in [1.82, 2.24) is 5.32 Å². The fraction of sp³-hybridized carbons (Fsp3) is 0.533. The van der Waals surface area contributed by atoms with E-state index in [1.54, 1.807) is 11.8 Å². The van der Waals surface area contributed by atoms with Crippen molar-refractivity contribution < 1.29 is 4.79 Å². The van der Waals surface area contributed by atoms with Crippen LogP contribution < -0.4 is 11.1 Å². The SMILES string of the molecule is CC(C)C(C)(CN)NC(=O)CSCc1ccc(Cl)cc1. The lowest BCUT2D eigenvalue weighted by Crippen LogP contribution is -2.55. The third-order valence-corrected chi connectivity index (χ3v) is 4.79. The van der Waals surface area contributed by atoms with Crippen LogP contribution in [0.1, 0.15) is 26.3 Å². The second-order valence-corrected chi connectivity index (χ2v) is 6.87. The van der Waals surface area contributed by atoms with Crippen LogP contribution in [-0.2, 0) is 10.5 Å². The van der Waals surface area contributed by atoms with E-state index in [-0.39, 0.29) is 11.4 Å². The van der Waals surface area contributed by atoms with Gasteiger partial charge in [0.1, 0.15) is 0 Å². The molecule has 0 aromatic heterocycles. The minimum absolute atomic E-state index is 0.0330. The Morgan fingerprint density at radius 1 is 1.40 bits per heavy atom. The molecule has 0 saturated heterocycles. The summed E-state index contributed by atoms with van der Waals surface area (Å²) in [5, 5.41) is 3.76. The van der Waals surface area contributed by atoms with Gasteiger partial charge in [0.25, 0.3) is 0 Å². The Bertz CT molecular complexity index is 436. The van der Waals surface area contributed by atoms with Crippen LogP contribution in [0.3, 0.4) is 0 Å². The molecule has 0 radical (unpaired) electrons. The van der Waals surface area contributed by atoms with E-state index in [1.165, 1.54) is 0 Å². The molecule has 3 N–H and O–H groups in total. The summed E-state index contributed by atoms with van der Waals surface area (Å²) >= 11 is 7.42. The van der Waals surface area contributed by atoms with Crippen molar-refractivity contribution >= 4 is 29.3 Å². The quantitative estimate of drug-likeness (QED) is 0.813. The molecule has 1 unspecified atom stereocenters. The van der Waals surface area contributed by atoms with Gasteiger partial charge in [0, 0.05) is 17.3 Å². The average molecular weight is 315 g/mol. The van der Waals surface area contributed by atoms with E-state index in [4.69, 9.17) is 17.3 Å². The van der Waals surface area contributed by atoms with Gasteiger partial charge in [-0.1, -0.05) is 37.6 Å². The average Bonchev–Trinajstić information content (AvgIpc) is 2.40. The standard InChI is InChI=1S/C15H23ClN2OS/c1-11(2)15(3,10-17)18-14(19)9-20-8-12-4-6-13(16)7-5-12/h4-7,11H,8-10,17H2,1-3H3,(H,18,19). The van der Waals surface area contributed by atoms with Gasteiger partial charge < -0.3 is 11.1 Å². The first-order valence-corrected chi connectivity index (χ1v) is 8.24. The van der Waals surface area contributed by atoms with E-state index < -0.39 is 0 Å². The molecule has 1 amide bonds. The van der Waals surface area contributed by atoms with Crippen molar-refractivity contribution in [2.75, 3.05) is 12.3 Å². The zero-order chi connectivity index (χ0) is 15.2. The molecule has 0 aliphatic carbocycles.